The van der Waals surface area contributed by atoms with Crippen LogP contribution in [0, 0.1) is 11.6 Å². The number of ether oxygens (including phenoxy) is 2. The molecule has 2 aromatic carbocycles. The van der Waals surface area contributed by atoms with Gasteiger partial charge in [0, 0.05) is 26.2 Å². The first kappa shape index (κ1) is 23.8. The van der Waals surface area contributed by atoms with Crippen LogP contribution in [0.4, 0.5) is 8.78 Å². The van der Waals surface area contributed by atoms with Crippen molar-refractivity contribution in [2.75, 3.05) is 26.2 Å². The zero-order chi connectivity index (χ0) is 24.7. The van der Waals surface area contributed by atoms with E-state index in [1.54, 1.807) is 24.3 Å². The van der Waals surface area contributed by atoms with Gasteiger partial charge in [-0.3, -0.25) is 9.80 Å². The van der Waals surface area contributed by atoms with Crippen LogP contribution in [0.2, 0.25) is 0 Å². The monoisotopic (exact) mass is 498 g/mol. The van der Waals surface area contributed by atoms with Crippen LogP contribution in [0.15, 0.2) is 57.6 Å². The summed E-state index contributed by atoms with van der Waals surface area (Å²) < 4.78 is 47.7. The van der Waals surface area contributed by atoms with Gasteiger partial charge in [0.25, 0.3) is 0 Å². The number of halogens is 2. The molecule has 0 radical (unpaired) electrons. The van der Waals surface area contributed by atoms with Gasteiger partial charge in [-0.25, -0.2) is 8.78 Å². The van der Waals surface area contributed by atoms with Crippen molar-refractivity contribution in [3.63, 3.8) is 0 Å². The van der Waals surface area contributed by atoms with E-state index in [1.807, 2.05) is 0 Å². The van der Waals surface area contributed by atoms with E-state index in [1.165, 1.54) is 24.3 Å². The average molecular weight is 498 g/mol. The molecule has 3 heterocycles. The summed E-state index contributed by atoms with van der Waals surface area (Å²) in [7, 11) is 0. The van der Waals surface area contributed by atoms with E-state index in [2.05, 4.69) is 30.1 Å². The maximum Gasteiger partial charge on any atom is 0.240 e. The Hall–Kier alpha value is -3.90. The van der Waals surface area contributed by atoms with Gasteiger partial charge in [0.15, 0.2) is 13.2 Å². The molecule has 2 aromatic heterocycles. The van der Waals surface area contributed by atoms with Crippen LogP contribution in [-0.2, 0) is 26.3 Å². The lowest BCUT2D eigenvalue weighted by Gasteiger charge is -2.32. The van der Waals surface area contributed by atoms with Crippen LogP contribution in [0.3, 0.4) is 0 Å². The molecule has 5 rings (SSSR count). The molecule has 0 aliphatic carbocycles. The first-order chi connectivity index (χ1) is 17.6. The Morgan fingerprint density at radius 3 is 1.42 bits per heavy atom. The molecule has 188 valence electrons. The molecule has 36 heavy (non-hydrogen) atoms. The van der Waals surface area contributed by atoms with Crippen LogP contribution in [0.1, 0.15) is 23.4 Å². The summed E-state index contributed by atoms with van der Waals surface area (Å²) in [5, 5.41) is 7.90. The van der Waals surface area contributed by atoms with Gasteiger partial charge in [-0.2, -0.15) is 9.97 Å². The standard InChI is InChI=1S/C24H24F2N6O4/c25-17-1-5-19(6-2-17)33-15-21-27-23(35-29-21)13-31-9-11-32(12-10-31)14-24-28-22(30-36-24)16-34-20-7-3-18(26)4-8-20/h1-8H,9-16H2. The van der Waals surface area contributed by atoms with Crippen LogP contribution in [0.25, 0.3) is 0 Å². The largest absolute Gasteiger partial charge is 0.485 e. The van der Waals surface area contributed by atoms with Crippen molar-refractivity contribution in [2.45, 2.75) is 26.3 Å². The Labute approximate surface area is 205 Å². The van der Waals surface area contributed by atoms with Crippen LogP contribution < -0.4 is 9.47 Å². The van der Waals surface area contributed by atoms with Crippen LogP contribution >= 0.6 is 0 Å². The molecule has 0 bridgehead atoms. The highest BCUT2D eigenvalue weighted by atomic mass is 19.1. The highest BCUT2D eigenvalue weighted by molar-refractivity contribution is 5.22. The topological polar surface area (TPSA) is 103 Å². The number of hydrogen-bond acceptors (Lipinski definition) is 10. The van der Waals surface area contributed by atoms with E-state index in [4.69, 9.17) is 18.5 Å². The van der Waals surface area contributed by atoms with Gasteiger partial charge in [-0.15, -0.1) is 0 Å². The molecule has 0 N–H and O–H groups in total. The van der Waals surface area contributed by atoms with E-state index in [0.29, 0.717) is 48.0 Å². The van der Waals surface area contributed by atoms with E-state index < -0.39 is 0 Å². The minimum atomic E-state index is -0.320. The molecular formula is C24H24F2N6O4. The number of hydrogen-bond donors (Lipinski definition) is 0. The molecular weight excluding hydrogens is 474 g/mol. The molecule has 0 saturated carbocycles. The van der Waals surface area contributed by atoms with Crippen molar-refractivity contribution in [1.82, 2.24) is 30.1 Å². The maximum atomic E-state index is 13.0. The van der Waals surface area contributed by atoms with Crippen molar-refractivity contribution in [3.05, 3.63) is 83.6 Å². The second kappa shape index (κ2) is 11.2. The number of nitrogens with zero attached hydrogens (tertiary/aromatic N) is 6. The van der Waals surface area contributed by atoms with Crippen molar-refractivity contribution in [1.29, 1.82) is 0 Å². The summed E-state index contributed by atoms with van der Waals surface area (Å²) in [6, 6.07) is 11.5. The van der Waals surface area contributed by atoms with Gasteiger partial charge in [0.1, 0.15) is 23.1 Å². The molecule has 1 aliphatic heterocycles. The number of rotatable bonds is 10. The molecule has 1 fully saturated rings. The third-order valence-electron chi connectivity index (χ3n) is 5.57. The zero-order valence-electron chi connectivity index (χ0n) is 19.3. The number of aromatic nitrogens is 4. The molecule has 0 atom stereocenters. The fourth-order valence-corrected chi connectivity index (χ4v) is 3.67. The van der Waals surface area contributed by atoms with Gasteiger partial charge in [-0.1, -0.05) is 10.3 Å². The summed E-state index contributed by atoms with van der Waals surface area (Å²) in [5.74, 6) is 2.33. The van der Waals surface area contributed by atoms with E-state index in [0.717, 1.165) is 26.2 Å². The Kier molecular flexibility index (Phi) is 7.43. The SMILES string of the molecule is Fc1ccc(OCc2noc(CN3CCN(Cc4nc(COc5ccc(F)cc5)no4)CC3)n2)cc1. The van der Waals surface area contributed by atoms with Gasteiger partial charge in [0.2, 0.25) is 23.4 Å². The normalized spacial score (nSPS) is 14.7. The lowest BCUT2D eigenvalue weighted by Crippen LogP contribution is -2.45. The van der Waals surface area contributed by atoms with Crippen molar-refractivity contribution >= 4 is 0 Å². The Balaban J connectivity index is 1.02. The fraction of sp³-hybridized carbons (Fsp3) is 0.333. The summed E-state index contributed by atoms with van der Waals surface area (Å²) in [4.78, 5) is 13.2. The van der Waals surface area contributed by atoms with E-state index >= 15 is 0 Å². The first-order valence-corrected chi connectivity index (χ1v) is 11.4. The van der Waals surface area contributed by atoms with E-state index in [9.17, 15) is 8.78 Å². The highest BCUT2D eigenvalue weighted by Crippen LogP contribution is 2.15. The maximum absolute atomic E-state index is 13.0. The van der Waals surface area contributed by atoms with Crippen LogP contribution in [0.5, 0.6) is 11.5 Å². The predicted molar refractivity (Wildman–Crippen MR) is 121 cm³/mol. The Bertz CT molecular complexity index is 1140. The molecule has 12 heteroatoms. The fourth-order valence-electron chi connectivity index (χ4n) is 3.67. The molecule has 10 nitrogen and oxygen atoms in total. The molecule has 1 saturated heterocycles. The van der Waals surface area contributed by atoms with Crippen LogP contribution in [-0.4, -0.2) is 56.3 Å². The summed E-state index contributed by atoms with van der Waals surface area (Å²) in [5.41, 5.74) is 0. The summed E-state index contributed by atoms with van der Waals surface area (Å²) in [6.45, 7) is 4.65. The Morgan fingerprint density at radius 1 is 0.639 bits per heavy atom. The second-order valence-corrected chi connectivity index (χ2v) is 8.25. The Morgan fingerprint density at radius 2 is 1.03 bits per heavy atom. The van der Waals surface area contributed by atoms with Crippen molar-refractivity contribution < 1.29 is 27.3 Å². The highest BCUT2D eigenvalue weighted by Gasteiger charge is 2.21. The van der Waals surface area contributed by atoms with Crippen molar-refractivity contribution in [2.24, 2.45) is 0 Å². The molecule has 0 amide bonds. The minimum absolute atomic E-state index is 0.143. The van der Waals surface area contributed by atoms with Gasteiger partial charge >= 0.3 is 0 Å². The zero-order valence-corrected chi connectivity index (χ0v) is 19.3. The van der Waals surface area contributed by atoms with E-state index in [-0.39, 0.29) is 24.8 Å². The van der Waals surface area contributed by atoms with Gasteiger partial charge < -0.3 is 18.5 Å². The minimum Gasteiger partial charge on any atom is -0.485 e. The van der Waals surface area contributed by atoms with Gasteiger partial charge in [-0.05, 0) is 48.5 Å². The van der Waals surface area contributed by atoms with Crippen molar-refractivity contribution in [3.8, 4) is 11.5 Å². The molecule has 0 unspecified atom stereocenters. The second-order valence-electron chi connectivity index (χ2n) is 8.25. The average Bonchev–Trinajstić information content (AvgIpc) is 3.54. The number of piperazine rings is 1. The third-order valence-corrected chi connectivity index (χ3v) is 5.57. The third kappa shape index (κ3) is 6.61. The lowest BCUT2D eigenvalue weighted by atomic mass is 10.3. The summed E-state index contributed by atoms with van der Waals surface area (Å²) in [6.07, 6.45) is 0. The lowest BCUT2D eigenvalue weighted by molar-refractivity contribution is 0.103. The molecule has 1 aliphatic rings. The smallest absolute Gasteiger partial charge is 0.240 e. The van der Waals surface area contributed by atoms with Gasteiger partial charge in [0.05, 0.1) is 13.1 Å². The number of benzene rings is 2. The predicted octanol–water partition coefficient (Wildman–Crippen LogP) is 3.21. The molecule has 0 spiro atoms. The summed E-state index contributed by atoms with van der Waals surface area (Å²) >= 11 is 0. The molecule has 4 aromatic rings. The first-order valence-electron chi connectivity index (χ1n) is 11.4. The quantitative estimate of drug-likeness (QED) is 0.324.